The minimum atomic E-state index is -0.723. The van der Waals surface area contributed by atoms with Crippen LogP contribution in [0.1, 0.15) is 65.4 Å². The number of amides is 3. The third-order valence-corrected chi connectivity index (χ3v) is 6.18. The van der Waals surface area contributed by atoms with Crippen molar-refractivity contribution in [3.8, 4) is 0 Å². The van der Waals surface area contributed by atoms with E-state index in [1.54, 1.807) is 0 Å². The van der Waals surface area contributed by atoms with E-state index < -0.39 is 24.0 Å². The van der Waals surface area contributed by atoms with Crippen LogP contribution in [0.3, 0.4) is 0 Å². The molecular weight excluding hydrogens is 486 g/mol. The van der Waals surface area contributed by atoms with Crippen molar-refractivity contribution in [1.82, 2.24) is 15.9 Å². The van der Waals surface area contributed by atoms with E-state index in [0.717, 1.165) is 18.4 Å². The van der Waals surface area contributed by atoms with Crippen molar-refractivity contribution in [2.75, 3.05) is 26.9 Å². The summed E-state index contributed by atoms with van der Waals surface area (Å²) in [6.07, 6.45) is 6.73. The van der Waals surface area contributed by atoms with Gasteiger partial charge in [0.25, 0.3) is 5.91 Å². The van der Waals surface area contributed by atoms with Gasteiger partial charge in [-0.2, -0.15) is 0 Å². The lowest BCUT2D eigenvalue weighted by Gasteiger charge is -2.31. The molecule has 212 valence electrons. The topological polar surface area (TPSA) is 106 Å². The number of rotatable bonds is 14. The second-order valence-electron chi connectivity index (χ2n) is 10.6. The normalized spacial score (nSPS) is 17.4. The zero-order valence-electron chi connectivity index (χ0n) is 23.5. The highest BCUT2D eigenvalue weighted by Gasteiger charge is 2.35. The molecule has 0 saturated carbocycles. The highest BCUT2D eigenvalue weighted by atomic mass is 16.8. The number of carbonyl (C=O) groups is 3. The molecule has 0 aromatic heterocycles. The van der Waals surface area contributed by atoms with Gasteiger partial charge in [-0.25, -0.2) is 10.3 Å². The predicted molar refractivity (Wildman–Crippen MR) is 146 cm³/mol. The molecule has 0 bridgehead atoms. The third kappa shape index (κ3) is 11.3. The predicted octanol–water partition coefficient (Wildman–Crippen LogP) is 4.11. The summed E-state index contributed by atoms with van der Waals surface area (Å²) in [7, 11) is 1.43. The van der Waals surface area contributed by atoms with E-state index in [1.165, 1.54) is 12.1 Å². The maximum absolute atomic E-state index is 13.6. The zero-order chi connectivity index (χ0) is 27.9. The minimum Gasteiger partial charge on any atom is -0.375 e. The highest BCUT2D eigenvalue weighted by molar-refractivity contribution is 5.89. The quantitative estimate of drug-likeness (QED) is 0.350. The molecule has 2 N–H and O–H groups in total. The Hall–Kier alpha value is -2.75. The molecule has 3 atom stereocenters. The number of hydrogen-bond donors (Lipinski definition) is 2. The molecule has 0 spiro atoms. The summed E-state index contributed by atoms with van der Waals surface area (Å²) in [5.41, 5.74) is 6.34. The fourth-order valence-corrected chi connectivity index (χ4v) is 4.33. The Kier molecular flexibility index (Phi) is 14.0. The van der Waals surface area contributed by atoms with Crippen LogP contribution in [-0.2, 0) is 28.7 Å². The van der Waals surface area contributed by atoms with Gasteiger partial charge in [-0.1, -0.05) is 70.2 Å². The molecule has 1 saturated heterocycles. The monoisotopic (exact) mass is 531 g/mol. The molecule has 1 heterocycles. The molecule has 2 rings (SSSR count). The smallest absolute Gasteiger partial charge is 0.266 e. The van der Waals surface area contributed by atoms with Gasteiger partial charge in [-0.15, -0.1) is 0 Å². The molecule has 1 fully saturated rings. The van der Waals surface area contributed by atoms with Gasteiger partial charge >= 0.3 is 0 Å². The molecule has 9 nitrogen and oxygen atoms in total. The highest BCUT2D eigenvalue weighted by Crippen LogP contribution is 2.26. The number of allylic oxidation sites excluding steroid dienone is 1. The Morgan fingerprint density at radius 1 is 1.05 bits per heavy atom. The fourth-order valence-electron chi connectivity index (χ4n) is 4.33. The summed E-state index contributed by atoms with van der Waals surface area (Å²) in [4.78, 5) is 45.3. The van der Waals surface area contributed by atoms with Crippen LogP contribution in [0, 0.1) is 23.7 Å². The first-order valence-corrected chi connectivity index (χ1v) is 13.6. The number of hydroxylamine groups is 1. The molecule has 1 aliphatic rings. The van der Waals surface area contributed by atoms with Crippen LogP contribution in [-0.4, -0.2) is 55.9 Å². The number of nitrogens with one attached hydrogen (secondary N) is 2. The lowest BCUT2D eigenvalue weighted by Crippen LogP contribution is -2.53. The Labute approximate surface area is 227 Å². The Morgan fingerprint density at radius 2 is 1.79 bits per heavy atom. The van der Waals surface area contributed by atoms with Crippen LogP contribution < -0.4 is 10.9 Å². The molecule has 0 radical (unpaired) electrons. The second-order valence-corrected chi connectivity index (χ2v) is 10.6. The van der Waals surface area contributed by atoms with Gasteiger partial charge < -0.3 is 9.47 Å². The fraction of sp³-hybridized carbons (Fsp3) is 0.621. The molecular formula is C29H45N3O6. The summed E-state index contributed by atoms with van der Waals surface area (Å²) < 4.78 is 10.6. The van der Waals surface area contributed by atoms with E-state index in [1.807, 2.05) is 70.2 Å². The van der Waals surface area contributed by atoms with Gasteiger partial charge in [0, 0.05) is 26.7 Å². The van der Waals surface area contributed by atoms with E-state index in [2.05, 4.69) is 10.9 Å². The summed E-state index contributed by atoms with van der Waals surface area (Å²) >= 11 is 0. The minimum absolute atomic E-state index is 0.122. The average molecular weight is 532 g/mol. The van der Waals surface area contributed by atoms with E-state index in [9.17, 15) is 14.4 Å². The standard InChI is InChI=1S/C29H45N3O6/c1-21(2)18-25(28(34)30-32(19-22(3)4)26(33)20-36-5)24(15-11-14-23-12-7-6-8-13-23)29(35)31-38-27-16-9-10-17-37-27/h6-8,11-14,21-22,24-25,27H,9-10,15-20H2,1-5H3,(H,30,34)(H,31,35)/b14-11+/t24-,25+,27?/m0/s1. The first-order chi connectivity index (χ1) is 18.2. The molecule has 1 aliphatic heterocycles. The molecule has 38 heavy (non-hydrogen) atoms. The maximum atomic E-state index is 13.6. The second kappa shape index (κ2) is 17.0. The molecule has 0 aliphatic carbocycles. The van der Waals surface area contributed by atoms with Crippen molar-refractivity contribution < 1.29 is 28.7 Å². The SMILES string of the molecule is COCC(=O)N(CC(C)C)NC(=O)[C@H](CC(C)C)[C@H](C/C=C/c1ccccc1)C(=O)NOC1CCCCO1. The van der Waals surface area contributed by atoms with Crippen molar-refractivity contribution in [2.24, 2.45) is 23.7 Å². The third-order valence-electron chi connectivity index (χ3n) is 6.18. The molecule has 3 amide bonds. The number of ether oxygens (including phenoxy) is 2. The van der Waals surface area contributed by atoms with E-state index in [-0.39, 0.29) is 30.3 Å². The largest absolute Gasteiger partial charge is 0.375 e. The summed E-state index contributed by atoms with van der Waals surface area (Å²) in [5, 5.41) is 1.30. The number of hydrogen-bond acceptors (Lipinski definition) is 6. The van der Waals surface area contributed by atoms with Crippen molar-refractivity contribution in [2.45, 2.75) is 66.1 Å². The van der Waals surface area contributed by atoms with Crippen LogP contribution in [0.2, 0.25) is 0 Å². The first kappa shape index (κ1) is 31.5. The lowest BCUT2D eigenvalue weighted by atomic mass is 9.82. The summed E-state index contributed by atoms with van der Waals surface area (Å²) in [6, 6.07) is 9.76. The van der Waals surface area contributed by atoms with Crippen molar-refractivity contribution in [1.29, 1.82) is 0 Å². The first-order valence-electron chi connectivity index (χ1n) is 13.6. The Morgan fingerprint density at radius 3 is 2.39 bits per heavy atom. The number of carbonyl (C=O) groups excluding carboxylic acids is 3. The van der Waals surface area contributed by atoms with Gasteiger partial charge in [-0.3, -0.25) is 24.8 Å². The summed E-state index contributed by atoms with van der Waals surface area (Å²) in [5.74, 6) is -2.29. The maximum Gasteiger partial charge on any atom is 0.266 e. The Bertz CT molecular complexity index is 884. The average Bonchev–Trinajstić information content (AvgIpc) is 2.89. The molecule has 1 unspecified atom stereocenters. The number of nitrogens with zero attached hydrogens (tertiary/aromatic N) is 1. The van der Waals surface area contributed by atoms with Crippen LogP contribution in [0.25, 0.3) is 6.08 Å². The van der Waals surface area contributed by atoms with Crippen LogP contribution in [0.5, 0.6) is 0 Å². The molecule has 1 aromatic rings. The summed E-state index contributed by atoms with van der Waals surface area (Å²) in [6.45, 7) is 8.69. The van der Waals surface area contributed by atoms with Crippen LogP contribution >= 0.6 is 0 Å². The van der Waals surface area contributed by atoms with Crippen molar-refractivity contribution in [3.63, 3.8) is 0 Å². The van der Waals surface area contributed by atoms with E-state index in [4.69, 9.17) is 14.3 Å². The van der Waals surface area contributed by atoms with Crippen LogP contribution in [0.15, 0.2) is 36.4 Å². The van der Waals surface area contributed by atoms with E-state index >= 15 is 0 Å². The number of benzene rings is 1. The van der Waals surface area contributed by atoms with Gasteiger partial charge in [0.05, 0.1) is 11.8 Å². The van der Waals surface area contributed by atoms with Gasteiger partial charge in [0.2, 0.25) is 11.8 Å². The van der Waals surface area contributed by atoms with Crippen LogP contribution in [0.4, 0.5) is 0 Å². The van der Waals surface area contributed by atoms with Crippen molar-refractivity contribution >= 4 is 23.8 Å². The van der Waals surface area contributed by atoms with E-state index in [0.29, 0.717) is 32.4 Å². The van der Waals surface area contributed by atoms with Crippen molar-refractivity contribution in [3.05, 3.63) is 42.0 Å². The molecule has 1 aromatic carbocycles. The van der Waals surface area contributed by atoms with Gasteiger partial charge in [-0.05, 0) is 43.1 Å². The zero-order valence-corrected chi connectivity index (χ0v) is 23.5. The van der Waals surface area contributed by atoms with Gasteiger partial charge in [0.1, 0.15) is 6.61 Å². The number of hydrazine groups is 1. The molecule has 9 heteroatoms. The number of methoxy groups -OCH3 is 1. The Balaban J connectivity index is 2.26. The lowest BCUT2D eigenvalue weighted by molar-refractivity contribution is -0.203. The van der Waals surface area contributed by atoms with Gasteiger partial charge in [0.15, 0.2) is 6.29 Å².